The minimum Gasteiger partial charge on any atom is -0.497 e. The molecule has 40 heavy (non-hydrogen) atoms. The number of ether oxygens (including phenoxy) is 3. The van der Waals surface area contributed by atoms with E-state index in [0.717, 1.165) is 69.6 Å². The number of allylic oxidation sites excluding steroid dienone is 7. The highest BCUT2D eigenvalue weighted by atomic mass is 35.5. The Morgan fingerprint density at radius 3 is 1.95 bits per heavy atom. The van der Waals surface area contributed by atoms with Gasteiger partial charge in [-0.1, -0.05) is 17.7 Å². The SMILES string of the molecule is CCO/C(=C/C=C1\CCCC(/C=C/C(=[O+]CC)c2ccc(OC)cc2)=C1Cl)c1ccc(OC)cc1.F[B-](F)(F)F. The van der Waals surface area contributed by atoms with Gasteiger partial charge in [-0.3, -0.25) is 4.42 Å². The molecule has 0 aliphatic heterocycles. The van der Waals surface area contributed by atoms with Gasteiger partial charge in [0.05, 0.1) is 26.4 Å². The third-order valence-electron chi connectivity index (χ3n) is 5.68. The van der Waals surface area contributed by atoms with Crippen LogP contribution >= 0.6 is 11.6 Å². The summed E-state index contributed by atoms with van der Waals surface area (Å²) in [4.78, 5) is 0. The first-order valence-corrected chi connectivity index (χ1v) is 13.2. The number of methoxy groups -OCH3 is 2. The molecule has 0 radical (unpaired) electrons. The number of hydrogen-bond acceptors (Lipinski definition) is 3. The van der Waals surface area contributed by atoms with Crippen molar-refractivity contribution < 1.29 is 35.9 Å². The Balaban J connectivity index is 0.00000103. The van der Waals surface area contributed by atoms with Crippen LogP contribution in [0.15, 0.2) is 89.0 Å². The minimum absolute atomic E-state index is 0.583. The summed E-state index contributed by atoms with van der Waals surface area (Å²) in [6.07, 6.45) is 11.0. The predicted octanol–water partition coefficient (Wildman–Crippen LogP) is 8.98. The zero-order chi connectivity index (χ0) is 29.5. The average molecular weight is 581 g/mol. The Kier molecular flexibility index (Phi) is 13.6. The van der Waals surface area contributed by atoms with Crippen LogP contribution in [-0.2, 0) is 4.74 Å². The zero-order valence-electron chi connectivity index (χ0n) is 23.1. The highest BCUT2D eigenvalue weighted by Gasteiger charge is 2.20. The van der Waals surface area contributed by atoms with E-state index in [0.29, 0.717) is 13.2 Å². The number of carbonyl (C=O) groups excluding carboxylic acids is 1. The summed E-state index contributed by atoms with van der Waals surface area (Å²) in [6, 6.07) is 15.7. The fraction of sp³-hybridized carbons (Fsp3) is 0.300. The lowest BCUT2D eigenvalue weighted by Crippen LogP contribution is -2.02. The molecule has 4 nitrogen and oxygen atoms in total. The molecule has 0 bridgehead atoms. The minimum atomic E-state index is -6.00. The molecule has 0 unspecified atom stereocenters. The fourth-order valence-electron chi connectivity index (χ4n) is 3.84. The molecule has 1 aliphatic rings. The molecule has 2 aromatic rings. The van der Waals surface area contributed by atoms with Gasteiger partial charge in [0.15, 0.2) is 0 Å². The molecule has 0 spiro atoms. The summed E-state index contributed by atoms with van der Waals surface area (Å²) >= 11 is 6.85. The lowest BCUT2D eigenvalue weighted by Gasteiger charge is -2.17. The van der Waals surface area contributed by atoms with Gasteiger partial charge < -0.3 is 31.5 Å². The Labute approximate surface area is 238 Å². The Morgan fingerprint density at radius 1 is 0.900 bits per heavy atom. The van der Waals surface area contributed by atoms with E-state index >= 15 is 0 Å². The molecule has 0 aromatic heterocycles. The number of benzene rings is 2. The van der Waals surface area contributed by atoms with E-state index in [-0.39, 0.29) is 0 Å². The van der Waals surface area contributed by atoms with Crippen LogP contribution in [0.1, 0.15) is 48.7 Å². The zero-order valence-corrected chi connectivity index (χ0v) is 23.8. The standard InChI is InChI=1S/C30H34ClO4.BF4/c1-5-34-28(22-10-16-26(32-3)17-11-22)20-14-24-8-7-9-25(30(24)31)15-21-29(35-6-2)23-12-18-27(33-4)19-13-23;2-1(3,4)5/h10-21H,5-9H2,1-4H3;/q+1;-1/b20-14+,25-15+,29-21+;. The van der Waals surface area contributed by atoms with E-state index in [1.54, 1.807) is 14.2 Å². The molecule has 0 fully saturated rings. The van der Waals surface area contributed by atoms with E-state index in [4.69, 9.17) is 30.2 Å². The molecule has 3 rings (SSSR count). The number of hydrogen-bond donors (Lipinski definition) is 0. The molecule has 0 N–H and O–H groups in total. The maximum atomic E-state index is 9.75. The molecule has 0 atom stereocenters. The molecular weight excluding hydrogens is 547 g/mol. The normalized spacial score (nSPS) is 15.7. The molecule has 216 valence electrons. The van der Waals surface area contributed by atoms with Crippen LogP contribution in [0.3, 0.4) is 0 Å². The molecule has 1 aliphatic carbocycles. The number of ketones is 1. The smallest absolute Gasteiger partial charge is 0.497 e. The first-order valence-electron chi connectivity index (χ1n) is 12.9. The summed E-state index contributed by atoms with van der Waals surface area (Å²) < 4.78 is 61.3. The Morgan fingerprint density at radius 2 is 1.45 bits per heavy atom. The van der Waals surface area contributed by atoms with Gasteiger partial charge in [0, 0.05) is 23.6 Å². The van der Waals surface area contributed by atoms with Gasteiger partial charge in [-0.15, -0.1) is 0 Å². The van der Waals surface area contributed by atoms with Crippen molar-refractivity contribution in [3.63, 3.8) is 0 Å². The highest BCUT2D eigenvalue weighted by Crippen LogP contribution is 2.34. The van der Waals surface area contributed by atoms with E-state index < -0.39 is 7.25 Å². The largest absolute Gasteiger partial charge is 0.673 e. The fourth-order valence-corrected chi connectivity index (χ4v) is 4.15. The summed E-state index contributed by atoms with van der Waals surface area (Å²) in [5.41, 5.74) is 4.20. The van der Waals surface area contributed by atoms with Crippen molar-refractivity contribution in [2.45, 2.75) is 33.1 Å². The van der Waals surface area contributed by atoms with Crippen LogP contribution in [0, 0.1) is 0 Å². The lowest BCUT2D eigenvalue weighted by atomic mass is 9.93. The van der Waals surface area contributed by atoms with Crippen LogP contribution in [0.4, 0.5) is 17.3 Å². The van der Waals surface area contributed by atoms with Crippen LogP contribution in [0.25, 0.3) is 5.76 Å². The number of rotatable bonds is 10. The monoisotopic (exact) mass is 580 g/mol. The van der Waals surface area contributed by atoms with Crippen LogP contribution in [0.2, 0.25) is 0 Å². The van der Waals surface area contributed by atoms with E-state index in [1.807, 2.05) is 74.5 Å². The van der Waals surface area contributed by atoms with Gasteiger partial charge in [-0.25, -0.2) is 0 Å². The van der Waals surface area contributed by atoms with Crippen LogP contribution < -0.4 is 9.47 Å². The second kappa shape index (κ2) is 16.6. The molecule has 0 saturated carbocycles. The molecule has 0 saturated heterocycles. The molecule has 0 amide bonds. The van der Waals surface area contributed by atoms with Crippen molar-refractivity contribution in [1.29, 1.82) is 0 Å². The molecule has 10 heteroatoms. The predicted molar refractivity (Wildman–Crippen MR) is 155 cm³/mol. The van der Waals surface area contributed by atoms with Gasteiger partial charge in [-0.2, -0.15) is 0 Å². The summed E-state index contributed by atoms with van der Waals surface area (Å²) in [7, 11) is -2.68. The van der Waals surface area contributed by atoms with Crippen molar-refractivity contribution in [2.75, 3.05) is 27.4 Å². The molecule has 2 aromatic carbocycles. The summed E-state index contributed by atoms with van der Waals surface area (Å²) in [5, 5.41) is 0.792. The van der Waals surface area contributed by atoms with Crippen molar-refractivity contribution in [3.05, 3.63) is 100 Å². The summed E-state index contributed by atoms with van der Waals surface area (Å²) in [6.45, 7) is 5.13. The third-order valence-corrected chi connectivity index (χ3v) is 6.16. The first-order chi connectivity index (χ1) is 19.1. The van der Waals surface area contributed by atoms with Gasteiger partial charge in [0.25, 0.3) is 6.61 Å². The second-order valence-electron chi connectivity index (χ2n) is 8.43. The van der Waals surface area contributed by atoms with Crippen molar-refractivity contribution in [3.8, 4) is 11.5 Å². The Bertz CT molecular complexity index is 1230. The molecular formula is C30H34BClF4O4. The van der Waals surface area contributed by atoms with Gasteiger partial charge in [0.1, 0.15) is 17.3 Å². The van der Waals surface area contributed by atoms with Crippen LogP contribution in [-0.4, -0.2) is 40.5 Å². The lowest BCUT2D eigenvalue weighted by molar-refractivity contribution is -0.261. The van der Waals surface area contributed by atoms with Gasteiger partial charge in [0.2, 0.25) is 0 Å². The number of halogens is 5. The highest BCUT2D eigenvalue weighted by molar-refractivity contribution is 6.50. The van der Waals surface area contributed by atoms with Gasteiger partial charge in [-0.05, 0) is 98.0 Å². The average Bonchev–Trinajstić information content (AvgIpc) is 2.94. The maximum absolute atomic E-state index is 9.75. The van der Waals surface area contributed by atoms with Crippen molar-refractivity contribution in [2.24, 2.45) is 0 Å². The van der Waals surface area contributed by atoms with Crippen molar-refractivity contribution in [1.82, 2.24) is 0 Å². The summed E-state index contributed by atoms with van der Waals surface area (Å²) in [5.74, 6) is 3.24. The maximum Gasteiger partial charge on any atom is 0.673 e. The second-order valence-corrected chi connectivity index (χ2v) is 8.81. The first kappa shape index (κ1) is 32.8. The molecule has 0 heterocycles. The van der Waals surface area contributed by atoms with Gasteiger partial charge >= 0.3 is 13.0 Å². The van der Waals surface area contributed by atoms with E-state index in [2.05, 4.69) is 12.2 Å². The Hall–Kier alpha value is -3.46. The topological polar surface area (TPSA) is 39.0 Å². The quantitative estimate of drug-likeness (QED) is 0.0703. The van der Waals surface area contributed by atoms with Crippen molar-refractivity contribution >= 4 is 30.4 Å². The van der Waals surface area contributed by atoms with E-state index in [1.165, 1.54) is 0 Å². The van der Waals surface area contributed by atoms with E-state index in [9.17, 15) is 17.3 Å². The third kappa shape index (κ3) is 11.3. The van der Waals surface area contributed by atoms with Crippen LogP contribution in [0.5, 0.6) is 11.5 Å².